The van der Waals surface area contributed by atoms with E-state index in [-0.39, 0.29) is 5.84 Å². The predicted molar refractivity (Wildman–Crippen MR) is 141 cm³/mol. The molecule has 1 aromatic carbocycles. The number of rotatable bonds is 6. The summed E-state index contributed by atoms with van der Waals surface area (Å²) in [5, 5.41) is 7.46. The fraction of sp³-hybridized carbons (Fsp3) is 0.182. The van der Waals surface area contributed by atoms with Crippen LogP contribution < -0.4 is 20.9 Å². The Balaban J connectivity index is 0.00000137. The average Bonchev–Trinajstić information content (AvgIpc) is 2.86. The van der Waals surface area contributed by atoms with Crippen LogP contribution in [-0.4, -0.2) is 56.8 Å². The number of pyridine rings is 1. The molecule has 34 heavy (non-hydrogen) atoms. The van der Waals surface area contributed by atoms with Crippen molar-refractivity contribution in [2.24, 2.45) is 26.4 Å². The van der Waals surface area contributed by atoms with Crippen LogP contribution in [0.3, 0.4) is 0 Å². The fourth-order valence-electron chi connectivity index (χ4n) is 2.69. The first-order chi connectivity index (χ1) is 16.4. The van der Waals surface area contributed by atoms with E-state index in [1.54, 1.807) is 25.3 Å². The Bertz CT molecular complexity index is 1120. The maximum Gasteiger partial charge on any atom is 0.228 e. The lowest BCUT2D eigenvalue weighted by molar-refractivity contribution is 0.387. The van der Waals surface area contributed by atoms with Gasteiger partial charge in [0.15, 0.2) is 5.84 Å². The number of aliphatic hydroxyl groups excluding tert-OH is 1. The van der Waals surface area contributed by atoms with Crippen LogP contribution in [0.5, 0.6) is 5.88 Å². The Hall–Kier alpha value is -3.25. The molecule has 182 valence electrons. The SMILES string of the molecule is C=N/C=C1/C=C(c2cc(F)cc(NSc3cc(Cl)cnc3OC)c2)C(N)=NC1=NC.CN.CO. The van der Waals surface area contributed by atoms with Crippen molar-refractivity contribution in [3.8, 4) is 5.88 Å². The number of nitrogens with zero attached hydrogens (tertiary/aromatic N) is 4. The van der Waals surface area contributed by atoms with Crippen LogP contribution in [0.15, 0.2) is 68.2 Å². The number of hydrogen-bond donors (Lipinski definition) is 4. The quantitative estimate of drug-likeness (QED) is 0.345. The number of aromatic nitrogens is 1. The highest BCUT2D eigenvalue weighted by molar-refractivity contribution is 8.00. The molecule has 3 rings (SSSR count). The van der Waals surface area contributed by atoms with Crippen LogP contribution in [0.4, 0.5) is 10.1 Å². The van der Waals surface area contributed by atoms with Crippen LogP contribution in [0.2, 0.25) is 5.02 Å². The topological polar surface area (TPSA) is 144 Å². The van der Waals surface area contributed by atoms with E-state index in [2.05, 4.69) is 37.1 Å². The zero-order valence-electron chi connectivity index (χ0n) is 19.2. The van der Waals surface area contributed by atoms with Crippen molar-refractivity contribution in [3.63, 3.8) is 0 Å². The number of aliphatic hydroxyl groups is 1. The molecule has 0 radical (unpaired) electrons. The third-order valence-corrected chi connectivity index (χ3v) is 5.03. The van der Waals surface area contributed by atoms with E-state index in [4.69, 9.17) is 27.2 Å². The Morgan fingerprint density at radius 1 is 1.26 bits per heavy atom. The molecule has 0 unspecified atom stereocenters. The van der Waals surface area contributed by atoms with E-state index >= 15 is 0 Å². The van der Waals surface area contributed by atoms with Crippen molar-refractivity contribution in [3.05, 3.63) is 64.7 Å². The maximum absolute atomic E-state index is 14.4. The van der Waals surface area contributed by atoms with E-state index in [1.165, 1.54) is 50.6 Å². The highest BCUT2D eigenvalue weighted by Gasteiger charge is 2.18. The van der Waals surface area contributed by atoms with Gasteiger partial charge in [-0.15, -0.1) is 0 Å². The minimum Gasteiger partial charge on any atom is -0.480 e. The number of amidine groups is 2. The molecule has 1 aliphatic rings. The van der Waals surface area contributed by atoms with Crippen molar-refractivity contribution in [1.29, 1.82) is 0 Å². The molecule has 0 saturated carbocycles. The van der Waals surface area contributed by atoms with Gasteiger partial charge in [-0.05, 0) is 61.6 Å². The molecule has 0 amide bonds. The Morgan fingerprint density at radius 3 is 2.59 bits per heavy atom. The third kappa shape index (κ3) is 7.66. The van der Waals surface area contributed by atoms with Crippen molar-refractivity contribution >= 4 is 53.2 Å². The van der Waals surface area contributed by atoms with Crippen LogP contribution in [0.25, 0.3) is 5.57 Å². The number of methoxy groups -OCH3 is 1. The molecule has 1 aromatic heterocycles. The summed E-state index contributed by atoms with van der Waals surface area (Å²) in [6.45, 7) is 3.45. The number of anilines is 1. The first-order valence-corrected chi connectivity index (χ1v) is 10.8. The molecule has 0 atom stereocenters. The zero-order valence-corrected chi connectivity index (χ0v) is 20.8. The van der Waals surface area contributed by atoms with Gasteiger partial charge in [0.25, 0.3) is 0 Å². The summed E-state index contributed by atoms with van der Waals surface area (Å²) in [6, 6.07) is 6.18. The Kier molecular flexibility index (Phi) is 12.5. The van der Waals surface area contributed by atoms with Gasteiger partial charge in [0.05, 0.1) is 17.0 Å². The molecule has 0 bridgehead atoms. The summed E-state index contributed by atoms with van der Waals surface area (Å²) in [6.07, 6.45) is 4.75. The van der Waals surface area contributed by atoms with Gasteiger partial charge in [-0.2, -0.15) is 0 Å². The first-order valence-electron chi connectivity index (χ1n) is 9.60. The zero-order chi connectivity index (χ0) is 25.7. The number of halogens is 2. The molecule has 6 N–H and O–H groups in total. The number of aliphatic imine (C=N–C) groups is 3. The summed E-state index contributed by atoms with van der Waals surface area (Å²) < 4.78 is 22.7. The molecule has 12 heteroatoms. The maximum atomic E-state index is 14.4. The first kappa shape index (κ1) is 28.8. The summed E-state index contributed by atoms with van der Waals surface area (Å²) in [4.78, 5) is 16.9. The van der Waals surface area contributed by atoms with Crippen LogP contribution in [-0.2, 0) is 0 Å². The van der Waals surface area contributed by atoms with Gasteiger partial charge in [0.2, 0.25) is 5.88 Å². The number of benzene rings is 1. The highest BCUT2D eigenvalue weighted by atomic mass is 35.5. The van der Waals surface area contributed by atoms with Gasteiger partial charge in [0, 0.05) is 43.4 Å². The largest absolute Gasteiger partial charge is 0.480 e. The van der Waals surface area contributed by atoms with Crippen LogP contribution in [0, 0.1) is 5.82 Å². The standard InChI is InChI=1S/C20H18ClFN6OS.CH5N.CH4O/c1-24-9-12-6-16(18(23)27-19(12)25-2)11-4-14(22)8-15(5-11)28-30-17-7-13(21)10-26-20(17)29-3;2*1-2/h4-10,28H,1H2,2-3H3,(H2,23,25,27);2H2,1H3;2H,1H3/b12-9-;;. The van der Waals surface area contributed by atoms with E-state index in [1.807, 2.05) is 0 Å². The summed E-state index contributed by atoms with van der Waals surface area (Å²) in [5.41, 5.74) is 12.8. The second-order valence-corrected chi connectivity index (χ2v) is 7.25. The molecule has 2 aromatic rings. The molecule has 0 spiro atoms. The molecule has 2 heterocycles. The predicted octanol–water partition coefficient (Wildman–Crippen LogP) is 3.55. The second kappa shape index (κ2) is 14.8. The Labute approximate surface area is 207 Å². The lowest BCUT2D eigenvalue weighted by atomic mass is 9.99. The number of dihydropyridines is 1. The van der Waals surface area contributed by atoms with Crippen molar-refractivity contribution < 1.29 is 14.2 Å². The normalized spacial score (nSPS) is 14.7. The molecule has 0 saturated heterocycles. The number of nitrogens with two attached hydrogens (primary N) is 2. The van der Waals surface area contributed by atoms with Gasteiger partial charge in [0.1, 0.15) is 11.7 Å². The smallest absolute Gasteiger partial charge is 0.228 e. The molecule has 0 fully saturated rings. The second-order valence-electron chi connectivity index (χ2n) is 5.96. The number of hydrogen-bond acceptors (Lipinski definition) is 9. The number of ether oxygens (including phenoxy) is 1. The molecular weight excluding hydrogens is 481 g/mol. The molecule has 0 aliphatic carbocycles. The lowest BCUT2D eigenvalue weighted by Gasteiger charge is -2.16. The Morgan fingerprint density at radius 2 is 1.97 bits per heavy atom. The van der Waals surface area contributed by atoms with Crippen molar-refractivity contribution in [2.75, 3.05) is 33.0 Å². The highest BCUT2D eigenvalue weighted by Crippen LogP contribution is 2.32. The molecular formula is C22H27ClFN7O2S. The minimum absolute atomic E-state index is 0.224. The van der Waals surface area contributed by atoms with Gasteiger partial charge in [-0.1, -0.05) is 11.6 Å². The average molecular weight is 508 g/mol. The summed E-state index contributed by atoms with van der Waals surface area (Å²) >= 11 is 7.20. The van der Waals surface area contributed by atoms with Crippen LogP contribution >= 0.6 is 23.5 Å². The minimum atomic E-state index is -0.442. The van der Waals surface area contributed by atoms with E-state index in [0.717, 1.165) is 7.11 Å². The van der Waals surface area contributed by atoms with Gasteiger partial charge in [-0.3, -0.25) is 9.98 Å². The molecule has 1 aliphatic heterocycles. The van der Waals surface area contributed by atoms with Gasteiger partial charge < -0.3 is 26.0 Å². The van der Waals surface area contributed by atoms with E-state index in [9.17, 15) is 4.39 Å². The summed E-state index contributed by atoms with van der Waals surface area (Å²) in [7, 11) is 5.61. The van der Waals surface area contributed by atoms with Crippen molar-refractivity contribution in [2.45, 2.75) is 4.90 Å². The van der Waals surface area contributed by atoms with Crippen LogP contribution in [0.1, 0.15) is 5.56 Å². The fourth-order valence-corrected chi connectivity index (χ4v) is 3.67. The third-order valence-electron chi connectivity index (χ3n) is 3.97. The molecule has 9 nitrogen and oxygen atoms in total. The monoisotopic (exact) mass is 507 g/mol. The van der Waals surface area contributed by atoms with E-state index in [0.29, 0.717) is 44.0 Å². The van der Waals surface area contributed by atoms with E-state index < -0.39 is 5.82 Å². The number of nitrogens with one attached hydrogen (secondary N) is 1. The summed E-state index contributed by atoms with van der Waals surface area (Å²) in [5.74, 6) is 0.608. The van der Waals surface area contributed by atoms with Gasteiger partial charge in [-0.25, -0.2) is 14.4 Å². The van der Waals surface area contributed by atoms with Crippen molar-refractivity contribution in [1.82, 2.24) is 4.98 Å². The van der Waals surface area contributed by atoms with Gasteiger partial charge >= 0.3 is 0 Å². The lowest BCUT2D eigenvalue weighted by Crippen LogP contribution is -2.21.